The maximum absolute atomic E-state index is 4.41. The molecule has 154 valence electrons. The molecule has 0 amide bonds. The van der Waals surface area contributed by atoms with Crippen LogP contribution in [-0.4, -0.2) is 4.98 Å². The largest absolute Gasteiger partial charge is 0.234 e. The van der Waals surface area contributed by atoms with Gasteiger partial charge in [0.2, 0.25) is 0 Å². The molecule has 0 saturated heterocycles. The van der Waals surface area contributed by atoms with Crippen LogP contribution in [0.15, 0.2) is 98.8 Å². The second kappa shape index (κ2) is 8.23. The quantitative estimate of drug-likeness (QED) is 0.151. The van der Waals surface area contributed by atoms with Crippen LogP contribution < -0.4 is 0 Å². The van der Waals surface area contributed by atoms with Gasteiger partial charge in [-0.1, -0.05) is 48.5 Å². The Morgan fingerprint density at radius 1 is 0.531 bits per heavy atom. The van der Waals surface area contributed by atoms with E-state index >= 15 is 0 Å². The average molecular weight is 577 g/mol. The Morgan fingerprint density at radius 3 is 1.66 bits per heavy atom. The summed E-state index contributed by atoms with van der Waals surface area (Å²) < 4.78 is 1.64. The number of thiophene rings is 2. The molecule has 5 heteroatoms. The Bertz CT molecular complexity index is 1570. The molecule has 0 bridgehead atoms. The van der Waals surface area contributed by atoms with Crippen molar-refractivity contribution in [1.82, 2.24) is 4.98 Å². The maximum atomic E-state index is 4.41. The summed E-state index contributed by atoms with van der Waals surface area (Å²) in [5, 5.41) is 9.46. The fraction of sp³-hybridized carbons (Fsp3) is 0. The van der Waals surface area contributed by atoms with Gasteiger partial charge in [0, 0.05) is 20.9 Å². The van der Waals surface area contributed by atoms with Crippen LogP contribution in [0.1, 0.15) is 0 Å². The molecule has 1 nitrogen and oxygen atoms in total. The zero-order chi connectivity index (χ0) is 21.7. The van der Waals surface area contributed by atoms with Crippen LogP contribution >= 0.6 is 54.5 Å². The Kier molecular flexibility index (Phi) is 5.22. The van der Waals surface area contributed by atoms with Crippen molar-refractivity contribution in [1.29, 1.82) is 0 Å². The number of pyridine rings is 1. The molecule has 0 N–H and O–H groups in total. The first-order valence-electron chi connectivity index (χ1n) is 10.1. The predicted octanol–water partition coefficient (Wildman–Crippen LogP) is 10.0. The van der Waals surface area contributed by atoms with E-state index in [1.807, 2.05) is 0 Å². The number of rotatable bonds is 3. The third-order valence-electron chi connectivity index (χ3n) is 5.66. The van der Waals surface area contributed by atoms with Gasteiger partial charge in [-0.25, -0.2) is 4.98 Å². The number of benzene rings is 3. The van der Waals surface area contributed by atoms with Crippen LogP contribution in [-0.2, 0) is 0 Å². The number of hydrogen-bond donors (Lipinski definition) is 0. The molecule has 6 rings (SSSR count). The lowest BCUT2D eigenvalue weighted by molar-refractivity contribution is 1.23. The van der Waals surface area contributed by atoms with Crippen molar-refractivity contribution in [2.45, 2.75) is 0 Å². The molecular weight excluding hydrogens is 562 g/mol. The fourth-order valence-electron chi connectivity index (χ4n) is 4.36. The van der Waals surface area contributed by atoms with Crippen molar-refractivity contribution in [3.63, 3.8) is 0 Å². The van der Waals surface area contributed by atoms with E-state index in [9.17, 15) is 0 Å². The molecule has 6 aromatic rings. The Labute approximate surface area is 210 Å². The lowest BCUT2D eigenvalue weighted by atomic mass is 9.88. The van der Waals surface area contributed by atoms with Crippen molar-refractivity contribution in [2.24, 2.45) is 0 Å². The van der Waals surface area contributed by atoms with E-state index in [2.05, 4.69) is 126 Å². The highest BCUT2D eigenvalue weighted by atomic mass is 79.9. The van der Waals surface area contributed by atoms with Crippen LogP contribution in [0, 0.1) is 0 Å². The SMILES string of the molecule is Brc1cc(-c2ccc3c(-c4cccs4)c4ccccc4c(-c4cccs4)c3c2)cc(Br)n1. The minimum atomic E-state index is 0.818. The van der Waals surface area contributed by atoms with Gasteiger partial charge in [-0.2, -0.15) is 0 Å². The molecule has 0 unspecified atom stereocenters. The second-order valence-corrected chi connectivity index (χ2v) is 11.0. The van der Waals surface area contributed by atoms with Crippen LogP contribution in [0.3, 0.4) is 0 Å². The van der Waals surface area contributed by atoms with E-state index in [4.69, 9.17) is 0 Å². The van der Waals surface area contributed by atoms with Crippen molar-refractivity contribution < 1.29 is 0 Å². The average Bonchev–Trinajstić information content (AvgIpc) is 3.51. The van der Waals surface area contributed by atoms with E-state index in [-0.39, 0.29) is 0 Å². The zero-order valence-corrected chi connectivity index (χ0v) is 21.5. The number of hydrogen-bond acceptors (Lipinski definition) is 3. The molecule has 3 aromatic carbocycles. The molecule has 0 aliphatic heterocycles. The van der Waals surface area contributed by atoms with Gasteiger partial charge in [0.15, 0.2) is 0 Å². The first-order valence-corrected chi connectivity index (χ1v) is 13.4. The topological polar surface area (TPSA) is 12.9 Å². The molecule has 3 aromatic heterocycles. The first-order chi connectivity index (χ1) is 15.7. The van der Waals surface area contributed by atoms with Gasteiger partial charge in [0.25, 0.3) is 0 Å². The van der Waals surface area contributed by atoms with Crippen molar-refractivity contribution >= 4 is 76.1 Å². The van der Waals surface area contributed by atoms with Crippen LogP contribution in [0.4, 0.5) is 0 Å². The smallest absolute Gasteiger partial charge is 0.108 e. The summed E-state index contributed by atoms with van der Waals surface area (Å²) in [6.45, 7) is 0. The number of nitrogens with zero attached hydrogens (tertiary/aromatic N) is 1. The summed E-state index contributed by atoms with van der Waals surface area (Å²) in [5.74, 6) is 0. The highest BCUT2D eigenvalue weighted by molar-refractivity contribution is 9.11. The molecule has 0 aliphatic carbocycles. The maximum Gasteiger partial charge on any atom is 0.108 e. The fourth-order valence-corrected chi connectivity index (χ4v) is 7.07. The third-order valence-corrected chi connectivity index (χ3v) is 8.24. The molecule has 0 aliphatic rings. The van der Waals surface area contributed by atoms with Gasteiger partial charge in [0.05, 0.1) is 0 Å². The minimum absolute atomic E-state index is 0.818. The second-order valence-electron chi connectivity index (χ2n) is 7.51. The molecule has 0 spiro atoms. The monoisotopic (exact) mass is 575 g/mol. The first kappa shape index (κ1) is 20.3. The highest BCUT2D eigenvalue weighted by Gasteiger charge is 2.18. The molecular formula is C27H15Br2NS2. The molecule has 32 heavy (non-hydrogen) atoms. The normalized spacial score (nSPS) is 11.4. The van der Waals surface area contributed by atoms with Crippen LogP contribution in [0.25, 0.3) is 53.6 Å². The minimum Gasteiger partial charge on any atom is -0.234 e. The van der Waals surface area contributed by atoms with Crippen LogP contribution in [0.5, 0.6) is 0 Å². The zero-order valence-electron chi connectivity index (χ0n) is 16.7. The van der Waals surface area contributed by atoms with E-state index in [1.165, 1.54) is 48.0 Å². The summed E-state index contributed by atoms with van der Waals surface area (Å²) in [6.07, 6.45) is 0. The van der Waals surface area contributed by atoms with Gasteiger partial charge in [-0.05, 0) is 106 Å². The highest BCUT2D eigenvalue weighted by Crippen LogP contribution is 2.46. The van der Waals surface area contributed by atoms with E-state index in [0.717, 1.165) is 14.8 Å². The standard InChI is InChI=1S/C27H15Br2NS2/c28-24-14-17(15-25(29)30-24)16-9-10-20-21(13-16)27(23-8-4-12-32-23)19-6-2-1-5-18(19)26(20)22-7-3-11-31-22/h1-15H. The van der Waals surface area contributed by atoms with E-state index in [0.29, 0.717) is 0 Å². The Balaban J connectivity index is 1.77. The summed E-state index contributed by atoms with van der Waals surface area (Å²) in [6, 6.07) is 28.5. The number of fused-ring (bicyclic) bond motifs is 2. The number of aromatic nitrogens is 1. The van der Waals surface area contributed by atoms with Gasteiger partial charge in [0.1, 0.15) is 9.21 Å². The lowest BCUT2D eigenvalue weighted by Crippen LogP contribution is -1.90. The van der Waals surface area contributed by atoms with E-state index < -0.39 is 0 Å². The molecule has 0 atom stereocenters. The predicted molar refractivity (Wildman–Crippen MR) is 147 cm³/mol. The van der Waals surface area contributed by atoms with Gasteiger partial charge in [-0.3, -0.25) is 0 Å². The Hall–Kier alpha value is -2.31. The Morgan fingerprint density at radius 2 is 1.09 bits per heavy atom. The van der Waals surface area contributed by atoms with Crippen molar-refractivity contribution in [2.75, 3.05) is 0 Å². The van der Waals surface area contributed by atoms with E-state index in [1.54, 1.807) is 22.7 Å². The summed E-state index contributed by atoms with van der Waals surface area (Å²) in [7, 11) is 0. The summed E-state index contributed by atoms with van der Waals surface area (Å²) >= 11 is 10.7. The van der Waals surface area contributed by atoms with Crippen molar-refractivity contribution in [3.05, 3.63) is 98.8 Å². The molecule has 0 radical (unpaired) electrons. The van der Waals surface area contributed by atoms with Crippen molar-refractivity contribution in [3.8, 4) is 32.0 Å². The van der Waals surface area contributed by atoms with Gasteiger partial charge < -0.3 is 0 Å². The molecule has 0 saturated carbocycles. The van der Waals surface area contributed by atoms with Crippen LogP contribution in [0.2, 0.25) is 0 Å². The number of halogens is 2. The van der Waals surface area contributed by atoms with Gasteiger partial charge in [-0.15, -0.1) is 22.7 Å². The summed E-state index contributed by atoms with van der Waals surface area (Å²) in [4.78, 5) is 6.99. The van der Waals surface area contributed by atoms with Gasteiger partial charge >= 0.3 is 0 Å². The summed E-state index contributed by atoms with van der Waals surface area (Å²) in [5.41, 5.74) is 4.92. The molecule has 0 fully saturated rings. The lowest BCUT2D eigenvalue weighted by Gasteiger charge is -2.17. The molecule has 3 heterocycles. The third kappa shape index (κ3) is 3.44.